The molecule has 0 atom stereocenters. The van der Waals surface area contributed by atoms with Gasteiger partial charge in [-0.05, 0) is 85.5 Å². The van der Waals surface area contributed by atoms with Gasteiger partial charge in [0.2, 0.25) is 0 Å². The number of aromatic nitrogens is 2. The maximum absolute atomic E-state index is 13.2. The number of hydrogen-bond donors (Lipinski definition) is 2. The highest BCUT2D eigenvalue weighted by Crippen LogP contribution is 2.30. The fourth-order valence-electron chi connectivity index (χ4n) is 3.43. The van der Waals surface area contributed by atoms with Crippen LogP contribution in [0.1, 0.15) is 12.7 Å². The summed E-state index contributed by atoms with van der Waals surface area (Å²) in [6.07, 6.45) is 1.41. The molecule has 34 heavy (non-hydrogen) atoms. The number of furan rings is 1. The molecule has 1 aliphatic heterocycles. The van der Waals surface area contributed by atoms with Crippen molar-refractivity contribution in [2.24, 2.45) is 0 Å². The molecule has 1 aliphatic rings. The predicted octanol–water partition coefficient (Wildman–Crippen LogP) is 4.54. The van der Waals surface area contributed by atoms with E-state index in [1.165, 1.54) is 22.7 Å². The summed E-state index contributed by atoms with van der Waals surface area (Å²) < 4.78 is 11.3. The number of H-pyrrole nitrogens is 1. The summed E-state index contributed by atoms with van der Waals surface area (Å²) in [5.74, 6) is -0.0936. The molecule has 10 heteroatoms. The zero-order valence-electron chi connectivity index (χ0n) is 17.9. The highest BCUT2D eigenvalue weighted by Gasteiger charge is 2.34. The van der Waals surface area contributed by atoms with Gasteiger partial charge in [0.25, 0.3) is 11.8 Å². The number of amides is 2. The third kappa shape index (κ3) is 4.33. The number of carbonyl (C=O) groups excluding carboxylic acids is 2. The predicted molar refractivity (Wildman–Crippen MR) is 133 cm³/mol. The van der Waals surface area contributed by atoms with E-state index in [2.05, 4.69) is 15.3 Å². The van der Waals surface area contributed by atoms with Crippen molar-refractivity contribution in [1.29, 1.82) is 0 Å². The van der Waals surface area contributed by atoms with E-state index in [0.717, 1.165) is 11.0 Å². The summed E-state index contributed by atoms with van der Waals surface area (Å²) in [5, 5.41) is 3.81. The van der Waals surface area contributed by atoms with Gasteiger partial charge in [0.1, 0.15) is 17.1 Å². The molecule has 3 heterocycles. The van der Waals surface area contributed by atoms with Gasteiger partial charge in [0, 0.05) is 0 Å². The Balaban J connectivity index is 1.37. The van der Waals surface area contributed by atoms with E-state index in [1.807, 2.05) is 31.2 Å². The summed E-state index contributed by atoms with van der Waals surface area (Å²) >= 11 is 6.56. The minimum atomic E-state index is -0.583. The molecule has 1 saturated heterocycles. The van der Waals surface area contributed by atoms with Crippen molar-refractivity contribution in [2.75, 3.05) is 11.5 Å². The lowest BCUT2D eigenvalue weighted by molar-refractivity contribution is -0.122. The van der Waals surface area contributed by atoms with Gasteiger partial charge in [-0.15, -0.1) is 0 Å². The Bertz CT molecular complexity index is 1410. The van der Waals surface area contributed by atoms with Crippen LogP contribution in [-0.4, -0.2) is 33.5 Å². The number of benzene rings is 2. The van der Waals surface area contributed by atoms with Gasteiger partial charge in [-0.2, -0.15) is 0 Å². The summed E-state index contributed by atoms with van der Waals surface area (Å²) in [6, 6.07) is 18.0. The van der Waals surface area contributed by atoms with Crippen LogP contribution in [0.5, 0.6) is 5.75 Å². The van der Waals surface area contributed by atoms with E-state index < -0.39 is 11.8 Å². The maximum atomic E-state index is 13.2. The fourth-order valence-corrected chi connectivity index (χ4v) is 4.48. The minimum Gasteiger partial charge on any atom is -0.494 e. The smallest absolute Gasteiger partial charge is 0.270 e. The van der Waals surface area contributed by atoms with Crippen molar-refractivity contribution in [1.82, 2.24) is 15.3 Å². The SMILES string of the molecule is CCOc1ccc(N2C(=O)/C(=C/c3ccc(Sc4nc5ccccc5[nH]4)o3)C(=O)NC2=S)cc1. The molecule has 0 saturated carbocycles. The highest BCUT2D eigenvalue weighted by molar-refractivity contribution is 7.99. The Labute approximate surface area is 204 Å². The molecule has 2 amide bonds. The van der Waals surface area contributed by atoms with Crippen molar-refractivity contribution in [2.45, 2.75) is 17.2 Å². The molecule has 2 N–H and O–H groups in total. The molecule has 2 aromatic carbocycles. The number of aromatic amines is 1. The lowest BCUT2D eigenvalue weighted by Gasteiger charge is -2.28. The van der Waals surface area contributed by atoms with E-state index in [1.54, 1.807) is 36.4 Å². The van der Waals surface area contributed by atoms with Crippen LogP contribution in [-0.2, 0) is 9.59 Å². The van der Waals surface area contributed by atoms with Gasteiger partial charge in [0.15, 0.2) is 15.4 Å². The first-order valence-corrected chi connectivity index (χ1v) is 11.6. The largest absolute Gasteiger partial charge is 0.494 e. The molecule has 1 fully saturated rings. The molecule has 0 bridgehead atoms. The highest BCUT2D eigenvalue weighted by atomic mass is 32.2. The van der Waals surface area contributed by atoms with Gasteiger partial charge in [-0.25, -0.2) is 4.98 Å². The molecule has 8 nitrogen and oxygen atoms in total. The molecule has 0 radical (unpaired) electrons. The summed E-state index contributed by atoms with van der Waals surface area (Å²) in [7, 11) is 0. The second-order valence-corrected chi connectivity index (χ2v) is 8.58. The van der Waals surface area contributed by atoms with E-state index in [4.69, 9.17) is 21.4 Å². The van der Waals surface area contributed by atoms with Gasteiger partial charge in [-0.3, -0.25) is 19.8 Å². The number of nitrogens with zero attached hydrogens (tertiary/aromatic N) is 2. The normalized spacial score (nSPS) is 15.3. The molecule has 0 spiro atoms. The minimum absolute atomic E-state index is 0.0110. The van der Waals surface area contributed by atoms with Gasteiger partial charge >= 0.3 is 0 Å². The van der Waals surface area contributed by atoms with Crippen molar-refractivity contribution in [3.05, 3.63) is 72.0 Å². The zero-order chi connectivity index (χ0) is 23.7. The van der Waals surface area contributed by atoms with Crippen LogP contribution < -0.4 is 15.0 Å². The Kier molecular flexibility index (Phi) is 5.91. The molecular weight excluding hydrogens is 472 g/mol. The maximum Gasteiger partial charge on any atom is 0.270 e. The number of carbonyl (C=O) groups is 2. The molecule has 170 valence electrons. The van der Waals surface area contributed by atoms with E-state index in [0.29, 0.717) is 34.1 Å². The van der Waals surface area contributed by atoms with Gasteiger partial charge in [-0.1, -0.05) is 12.1 Å². The fraction of sp³-hybridized carbons (Fsp3) is 0.0833. The number of para-hydroxylation sites is 2. The zero-order valence-corrected chi connectivity index (χ0v) is 19.5. The lowest BCUT2D eigenvalue weighted by atomic mass is 10.1. The Hall–Kier alpha value is -3.89. The number of imidazole rings is 1. The quantitative estimate of drug-likeness (QED) is 0.233. The number of hydrogen-bond acceptors (Lipinski definition) is 7. The lowest BCUT2D eigenvalue weighted by Crippen LogP contribution is -2.54. The number of ether oxygens (including phenoxy) is 1. The van der Waals surface area contributed by atoms with Crippen molar-refractivity contribution in [3.8, 4) is 5.75 Å². The first-order chi connectivity index (χ1) is 16.5. The Morgan fingerprint density at radius 2 is 1.91 bits per heavy atom. The monoisotopic (exact) mass is 490 g/mol. The average molecular weight is 491 g/mol. The van der Waals surface area contributed by atoms with Crippen LogP contribution in [0.3, 0.4) is 0 Å². The van der Waals surface area contributed by atoms with Crippen LogP contribution in [0.25, 0.3) is 17.1 Å². The second kappa shape index (κ2) is 9.16. The summed E-state index contributed by atoms with van der Waals surface area (Å²) in [4.78, 5) is 34.7. The van der Waals surface area contributed by atoms with E-state index >= 15 is 0 Å². The number of nitrogens with one attached hydrogen (secondary N) is 2. The molecule has 5 rings (SSSR count). The Morgan fingerprint density at radius 3 is 2.68 bits per heavy atom. The first-order valence-electron chi connectivity index (χ1n) is 10.4. The molecule has 0 aliphatic carbocycles. The van der Waals surface area contributed by atoms with Crippen LogP contribution in [0, 0.1) is 0 Å². The van der Waals surface area contributed by atoms with Gasteiger partial charge in [0.05, 0.1) is 23.3 Å². The molecule has 4 aromatic rings. The number of fused-ring (bicyclic) bond motifs is 1. The van der Waals surface area contributed by atoms with Crippen LogP contribution in [0.4, 0.5) is 5.69 Å². The summed E-state index contributed by atoms with van der Waals surface area (Å²) in [6.45, 7) is 2.42. The number of anilines is 1. The average Bonchev–Trinajstić information content (AvgIpc) is 3.44. The van der Waals surface area contributed by atoms with Gasteiger partial charge < -0.3 is 14.1 Å². The van der Waals surface area contributed by atoms with Crippen LogP contribution in [0.2, 0.25) is 0 Å². The van der Waals surface area contributed by atoms with Crippen molar-refractivity contribution < 1.29 is 18.7 Å². The third-order valence-electron chi connectivity index (χ3n) is 4.96. The van der Waals surface area contributed by atoms with Crippen LogP contribution in [0.15, 0.2) is 80.9 Å². The molecular formula is C24H18N4O4S2. The number of rotatable bonds is 6. The van der Waals surface area contributed by atoms with E-state index in [9.17, 15) is 9.59 Å². The standard InChI is InChI=1S/C24H18N4O4S2/c1-2-31-15-9-7-14(8-10-15)28-22(30)17(21(29)27-24(28)33)13-16-11-12-20(32-16)34-23-25-18-5-3-4-6-19(18)26-23/h3-13H,2H2,1H3,(H,25,26)(H,27,29,33)/b17-13+. The number of thiocarbonyl (C=S) groups is 1. The second-order valence-electron chi connectivity index (χ2n) is 7.20. The molecule has 2 aromatic heterocycles. The summed E-state index contributed by atoms with van der Waals surface area (Å²) in [5.41, 5.74) is 2.21. The molecule has 0 unspecified atom stereocenters. The van der Waals surface area contributed by atoms with E-state index in [-0.39, 0.29) is 10.7 Å². The third-order valence-corrected chi connectivity index (χ3v) is 6.05. The Morgan fingerprint density at radius 1 is 1.12 bits per heavy atom. The van der Waals surface area contributed by atoms with Crippen molar-refractivity contribution in [3.63, 3.8) is 0 Å². The van der Waals surface area contributed by atoms with Crippen LogP contribution >= 0.6 is 24.0 Å². The topological polar surface area (TPSA) is 100 Å². The van der Waals surface area contributed by atoms with Crippen molar-refractivity contribution >= 4 is 63.7 Å². The first kappa shape index (κ1) is 21.9.